The largest absolute Gasteiger partial charge is 0.205 e. The number of rotatable bonds is 4. The molecule has 15 heavy (non-hydrogen) atoms. The van der Waals surface area contributed by atoms with Crippen molar-refractivity contribution in [2.24, 2.45) is 5.92 Å². The molecule has 0 spiro atoms. The Morgan fingerprint density at radius 1 is 1.40 bits per heavy atom. The molecule has 0 aliphatic carbocycles. The van der Waals surface area contributed by atoms with Gasteiger partial charge in [-0.2, -0.15) is 0 Å². The molecule has 1 aromatic carbocycles. The van der Waals surface area contributed by atoms with Gasteiger partial charge in [0.05, 0.1) is 5.02 Å². The number of hydrogen-bond donors (Lipinski definition) is 0. The maximum absolute atomic E-state index is 13.2. The molecule has 3 heteroatoms. The van der Waals surface area contributed by atoms with Gasteiger partial charge in [-0.15, -0.1) is 11.6 Å². The molecule has 0 N–H and O–H groups in total. The molecule has 0 aliphatic heterocycles. The molecule has 0 bridgehead atoms. The lowest BCUT2D eigenvalue weighted by Crippen LogP contribution is -2.13. The van der Waals surface area contributed by atoms with Crippen LogP contribution in [0, 0.1) is 11.7 Å². The lowest BCUT2D eigenvalue weighted by Gasteiger charge is -2.17. The third-order valence-corrected chi connectivity index (χ3v) is 3.32. The van der Waals surface area contributed by atoms with Crippen molar-refractivity contribution in [1.29, 1.82) is 0 Å². The monoisotopic (exact) mass is 248 g/mol. The predicted octanol–water partition coefficient (Wildman–Crippen LogP) is 4.68. The zero-order valence-corrected chi connectivity index (χ0v) is 10.4. The molecule has 0 amide bonds. The van der Waals surface area contributed by atoms with E-state index in [2.05, 4.69) is 6.92 Å². The summed E-state index contributed by atoms with van der Waals surface area (Å²) in [6.45, 7) is 4.07. The van der Waals surface area contributed by atoms with Crippen molar-refractivity contribution in [3.63, 3.8) is 0 Å². The summed E-state index contributed by atoms with van der Waals surface area (Å²) >= 11 is 11.7. The third-order valence-electron chi connectivity index (χ3n) is 2.66. The van der Waals surface area contributed by atoms with Crippen molar-refractivity contribution in [1.82, 2.24) is 0 Å². The van der Waals surface area contributed by atoms with Crippen LogP contribution >= 0.6 is 23.2 Å². The van der Waals surface area contributed by atoms with Crippen LogP contribution in [-0.4, -0.2) is 5.38 Å². The van der Waals surface area contributed by atoms with Crippen LogP contribution < -0.4 is 0 Å². The molecule has 1 rings (SSSR count). The molecule has 0 radical (unpaired) electrons. The topological polar surface area (TPSA) is 0 Å². The summed E-state index contributed by atoms with van der Waals surface area (Å²) in [6.07, 6.45) is 1.80. The van der Waals surface area contributed by atoms with Crippen LogP contribution in [0.4, 0.5) is 4.39 Å². The van der Waals surface area contributed by atoms with E-state index in [1.54, 1.807) is 6.07 Å². The maximum atomic E-state index is 13.2. The van der Waals surface area contributed by atoms with Crippen LogP contribution in [0.3, 0.4) is 0 Å². The Morgan fingerprint density at radius 2 is 2.07 bits per heavy atom. The van der Waals surface area contributed by atoms with E-state index < -0.39 is 0 Å². The van der Waals surface area contributed by atoms with Crippen molar-refractivity contribution in [3.8, 4) is 0 Å². The van der Waals surface area contributed by atoms with E-state index in [-0.39, 0.29) is 16.2 Å². The van der Waals surface area contributed by atoms with Gasteiger partial charge in [-0.1, -0.05) is 31.0 Å². The number of hydrogen-bond acceptors (Lipinski definition) is 0. The second-order valence-electron chi connectivity index (χ2n) is 3.80. The Hall–Kier alpha value is -0.270. The predicted molar refractivity (Wildman–Crippen MR) is 64.2 cm³/mol. The van der Waals surface area contributed by atoms with Crippen LogP contribution in [0.15, 0.2) is 18.2 Å². The first kappa shape index (κ1) is 12.8. The van der Waals surface area contributed by atoms with Crippen LogP contribution in [0.5, 0.6) is 0 Å². The molecule has 0 saturated carbocycles. The summed E-state index contributed by atoms with van der Waals surface area (Å²) in [5.74, 6) is 0.0264. The van der Waals surface area contributed by atoms with Gasteiger partial charge in [0.15, 0.2) is 0 Å². The standard InChI is InChI=1S/C12H15Cl2F/c1-3-10(8(2)13)6-9-4-5-11(14)12(15)7-9/h4-5,7-8,10H,3,6H2,1-2H3. The summed E-state index contributed by atoms with van der Waals surface area (Å²) < 4.78 is 13.2. The van der Waals surface area contributed by atoms with Gasteiger partial charge in [0.25, 0.3) is 0 Å². The van der Waals surface area contributed by atoms with E-state index in [0.29, 0.717) is 5.92 Å². The molecule has 0 saturated heterocycles. The highest BCUT2D eigenvalue weighted by atomic mass is 35.5. The Bertz CT molecular complexity index is 323. The van der Waals surface area contributed by atoms with Crippen LogP contribution in [0.2, 0.25) is 5.02 Å². The molecule has 0 heterocycles. The molecule has 84 valence electrons. The van der Waals surface area contributed by atoms with Gasteiger partial charge in [-0.25, -0.2) is 4.39 Å². The average molecular weight is 249 g/mol. The van der Waals surface area contributed by atoms with E-state index in [1.807, 2.05) is 13.0 Å². The minimum Gasteiger partial charge on any atom is -0.205 e. The fraction of sp³-hybridized carbons (Fsp3) is 0.500. The van der Waals surface area contributed by atoms with Gasteiger partial charge >= 0.3 is 0 Å². The Morgan fingerprint density at radius 3 is 2.53 bits per heavy atom. The van der Waals surface area contributed by atoms with Crippen LogP contribution in [0.25, 0.3) is 0 Å². The summed E-state index contributed by atoms with van der Waals surface area (Å²) in [5.41, 5.74) is 0.955. The Balaban J connectivity index is 2.75. The summed E-state index contributed by atoms with van der Waals surface area (Å²) in [4.78, 5) is 0. The van der Waals surface area contributed by atoms with E-state index in [1.165, 1.54) is 6.07 Å². The second-order valence-corrected chi connectivity index (χ2v) is 4.89. The van der Waals surface area contributed by atoms with Crippen molar-refractivity contribution >= 4 is 23.2 Å². The molecular formula is C12H15Cl2F. The molecule has 2 atom stereocenters. The first-order valence-electron chi connectivity index (χ1n) is 5.12. The highest BCUT2D eigenvalue weighted by Gasteiger charge is 2.14. The molecule has 0 nitrogen and oxygen atoms in total. The molecule has 0 aliphatic rings. The fourth-order valence-electron chi connectivity index (χ4n) is 1.60. The van der Waals surface area contributed by atoms with Gasteiger partial charge in [-0.3, -0.25) is 0 Å². The van der Waals surface area contributed by atoms with Gasteiger partial charge in [0.1, 0.15) is 5.82 Å². The number of benzene rings is 1. The van der Waals surface area contributed by atoms with Crippen molar-refractivity contribution in [3.05, 3.63) is 34.6 Å². The quantitative estimate of drug-likeness (QED) is 0.680. The molecule has 1 aromatic rings. The zero-order valence-electron chi connectivity index (χ0n) is 8.93. The van der Waals surface area contributed by atoms with Crippen molar-refractivity contribution in [2.75, 3.05) is 0 Å². The average Bonchev–Trinajstić information content (AvgIpc) is 2.19. The normalized spacial score (nSPS) is 15.0. The zero-order chi connectivity index (χ0) is 11.4. The van der Waals surface area contributed by atoms with Crippen molar-refractivity contribution < 1.29 is 4.39 Å². The molecule has 2 unspecified atom stereocenters. The van der Waals surface area contributed by atoms with Gasteiger partial charge in [0, 0.05) is 5.38 Å². The first-order valence-corrected chi connectivity index (χ1v) is 5.94. The van der Waals surface area contributed by atoms with E-state index in [4.69, 9.17) is 23.2 Å². The first-order chi connectivity index (χ1) is 7.04. The van der Waals surface area contributed by atoms with Crippen LogP contribution in [0.1, 0.15) is 25.8 Å². The minimum absolute atomic E-state index is 0.105. The highest BCUT2D eigenvalue weighted by molar-refractivity contribution is 6.30. The van der Waals surface area contributed by atoms with E-state index in [0.717, 1.165) is 18.4 Å². The molecule has 0 fully saturated rings. The second kappa shape index (κ2) is 5.72. The molecular weight excluding hydrogens is 234 g/mol. The lowest BCUT2D eigenvalue weighted by atomic mass is 9.94. The number of halogens is 3. The smallest absolute Gasteiger partial charge is 0.142 e. The van der Waals surface area contributed by atoms with E-state index in [9.17, 15) is 4.39 Å². The van der Waals surface area contributed by atoms with Gasteiger partial charge in [0.2, 0.25) is 0 Å². The summed E-state index contributed by atoms with van der Waals surface area (Å²) in [5, 5.41) is 0.277. The van der Waals surface area contributed by atoms with E-state index >= 15 is 0 Å². The third kappa shape index (κ3) is 3.66. The van der Waals surface area contributed by atoms with Gasteiger partial charge < -0.3 is 0 Å². The summed E-state index contributed by atoms with van der Waals surface area (Å²) in [6, 6.07) is 4.94. The molecule has 0 aromatic heterocycles. The lowest BCUT2D eigenvalue weighted by molar-refractivity contribution is 0.495. The van der Waals surface area contributed by atoms with Crippen molar-refractivity contribution in [2.45, 2.75) is 32.1 Å². The highest BCUT2D eigenvalue weighted by Crippen LogP contribution is 2.22. The van der Waals surface area contributed by atoms with Gasteiger partial charge in [-0.05, 0) is 37.0 Å². The Kier molecular flexibility index (Phi) is 4.88. The van der Waals surface area contributed by atoms with Crippen LogP contribution in [-0.2, 0) is 6.42 Å². The fourth-order valence-corrected chi connectivity index (χ4v) is 1.99. The maximum Gasteiger partial charge on any atom is 0.142 e. The number of alkyl halides is 1. The SMILES string of the molecule is CCC(Cc1ccc(Cl)c(F)c1)C(C)Cl. The Labute approximate surface area is 100 Å². The summed E-state index contributed by atoms with van der Waals surface area (Å²) in [7, 11) is 0. The minimum atomic E-state index is -0.355.